The Labute approximate surface area is 151 Å². The predicted molar refractivity (Wildman–Crippen MR) is 100 cm³/mol. The number of hydrogen-bond acceptors (Lipinski definition) is 5. The fraction of sp³-hybridized carbons (Fsp3) is 0.263. The highest BCUT2D eigenvalue weighted by molar-refractivity contribution is 6.04. The molecule has 0 atom stereocenters. The second-order valence-corrected chi connectivity index (χ2v) is 6.41. The van der Waals surface area contributed by atoms with Crippen molar-refractivity contribution in [2.24, 2.45) is 7.05 Å². The number of aryl methyl sites for hydroxylation is 1. The van der Waals surface area contributed by atoms with Crippen molar-refractivity contribution in [3.63, 3.8) is 0 Å². The summed E-state index contributed by atoms with van der Waals surface area (Å²) in [7, 11) is 1.85. The lowest BCUT2D eigenvalue weighted by atomic mass is 10.1. The molecule has 7 heteroatoms. The van der Waals surface area contributed by atoms with Crippen LogP contribution in [0.1, 0.15) is 23.2 Å². The van der Waals surface area contributed by atoms with Gasteiger partial charge in [0.15, 0.2) is 0 Å². The molecule has 132 valence electrons. The van der Waals surface area contributed by atoms with Crippen LogP contribution in [0.4, 0.5) is 11.5 Å². The van der Waals surface area contributed by atoms with E-state index in [1.165, 1.54) is 12.8 Å². The molecule has 0 spiro atoms. The minimum atomic E-state index is -0.232. The zero-order valence-corrected chi connectivity index (χ0v) is 14.6. The number of nitrogens with one attached hydrogen (secondary N) is 1. The maximum Gasteiger partial charge on any atom is 0.258 e. The topological polar surface area (TPSA) is 75.9 Å². The Morgan fingerprint density at radius 3 is 2.62 bits per heavy atom. The molecule has 26 heavy (non-hydrogen) atoms. The predicted octanol–water partition coefficient (Wildman–Crippen LogP) is 2.73. The van der Waals surface area contributed by atoms with Crippen LogP contribution in [-0.2, 0) is 7.05 Å². The molecule has 4 heterocycles. The van der Waals surface area contributed by atoms with Gasteiger partial charge in [-0.15, -0.1) is 0 Å². The molecule has 3 aromatic rings. The summed E-state index contributed by atoms with van der Waals surface area (Å²) in [5.41, 5.74) is 3.35. The molecule has 0 aliphatic carbocycles. The number of aromatic nitrogens is 4. The molecule has 0 aromatic carbocycles. The van der Waals surface area contributed by atoms with Gasteiger partial charge in [0.1, 0.15) is 5.82 Å². The van der Waals surface area contributed by atoms with E-state index in [0.29, 0.717) is 11.4 Å². The lowest BCUT2D eigenvalue weighted by Gasteiger charge is -2.17. The number of pyridine rings is 2. The summed E-state index contributed by atoms with van der Waals surface area (Å²) >= 11 is 0. The smallest absolute Gasteiger partial charge is 0.258 e. The van der Waals surface area contributed by atoms with Crippen molar-refractivity contribution in [3.8, 4) is 11.1 Å². The van der Waals surface area contributed by atoms with E-state index in [1.54, 1.807) is 29.3 Å². The minimum absolute atomic E-state index is 0.232. The number of carbonyl (C=O) groups excluding carboxylic acids is 1. The highest BCUT2D eigenvalue weighted by Gasteiger charge is 2.13. The number of hydrogen-bond donors (Lipinski definition) is 1. The number of nitrogens with zero attached hydrogens (tertiary/aromatic N) is 5. The van der Waals surface area contributed by atoms with E-state index in [-0.39, 0.29) is 5.91 Å². The first-order valence-electron chi connectivity index (χ1n) is 8.65. The van der Waals surface area contributed by atoms with Crippen molar-refractivity contribution in [3.05, 3.63) is 54.7 Å². The Balaban J connectivity index is 1.47. The summed E-state index contributed by atoms with van der Waals surface area (Å²) in [5, 5.41) is 6.98. The van der Waals surface area contributed by atoms with Crippen LogP contribution in [0.2, 0.25) is 0 Å². The molecule has 0 radical (unpaired) electrons. The first-order valence-corrected chi connectivity index (χ1v) is 8.65. The minimum Gasteiger partial charge on any atom is -0.370 e. The number of rotatable bonds is 4. The lowest BCUT2D eigenvalue weighted by molar-refractivity contribution is 0.102. The zero-order chi connectivity index (χ0) is 17.9. The Kier molecular flexibility index (Phi) is 4.35. The molecular formula is C19H20N6O. The van der Waals surface area contributed by atoms with Gasteiger partial charge in [0.05, 0.1) is 23.6 Å². The second-order valence-electron chi connectivity index (χ2n) is 6.41. The highest BCUT2D eigenvalue weighted by atomic mass is 16.1. The molecule has 0 saturated carbocycles. The summed E-state index contributed by atoms with van der Waals surface area (Å²) < 4.78 is 1.72. The van der Waals surface area contributed by atoms with Crippen molar-refractivity contribution in [1.82, 2.24) is 19.7 Å². The van der Waals surface area contributed by atoms with Crippen molar-refractivity contribution in [2.45, 2.75) is 12.8 Å². The summed E-state index contributed by atoms with van der Waals surface area (Å²) in [5.74, 6) is 0.300. The third-order valence-corrected chi connectivity index (χ3v) is 4.50. The molecular weight excluding hydrogens is 328 g/mol. The van der Waals surface area contributed by atoms with E-state index in [4.69, 9.17) is 0 Å². The third kappa shape index (κ3) is 3.42. The van der Waals surface area contributed by atoms with Crippen LogP contribution >= 0.6 is 0 Å². The summed E-state index contributed by atoms with van der Waals surface area (Å²) in [6.07, 6.45) is 11.2. The molecule has 0 unspecified atom stereocenters. The maximum absolute atomic E-state index is 12.5. The number of amides is 1. The monoisotopic (exact) mass is 348 g/mol. The van der Waals surface area contributed by atoms with Crippen molar-refractivity contribution in [2.75, 3.05) is 23.3 Å². The molecule has 1 amide bonds. The van der Waals surface area contributed by atoms with Crippen LogP contribution in [-0.4, -0.2) is 38.7 Å². The molecule has 1 aliphatic heterocycles. The van der Waals surface area contributed by atoms with Gasteiger partial charge < -0.3 is 10.2 Å². The van der Waals surface area contributed by atoms with E-state index in [2.05, 4.69) is 25.3 Å². The standard InChI is InChI=1S/C19H20N6O/c1-24-13-16(11-22-24)14-8-15(10-20-9-14)19(26)23-18-5-4-17(12-21-18)25-6-2-3-7-25/h4-5,8-13H,2-3,6-7H2,1H3,(H,21,23,26). The van der Waals surface area contributed by atoms with E-state index in [9.17, 15) is 4.79 Å². The van der Waals surface area contributed by atoms with Crippen molar-refractivity contribution >= 4 is 17.4 Å². The van der Waals surface area contributed by atoms with E-state index < -0.39 is 0 Å². The molecule has 1 N–H and O–H groups in total. The van der Waals surface area contributed by atoms with Gasteiger partial charge in [-0.05, 0) is 31.0 Å². The average molecular weight is 348 g/mol. The Morgan fingerprint density at radius 2 is 1.92 bits per heavy atom. The van der Waals surface area contributed by atoms with Crippen LogP contribution in [0.15, 0.2) is 49.2 Å². The fourth-order valence-corrected chi connectivity index (χ4v) is 3.10. The van der Waals surface area contributed by atoms with Gasteiger partial charge in [0.25, 0.3) is 5.91 Å². The third-order valence-electron chi connectivity index (χ3n) is 4.50. The highest BCUT2D eigenvalue weighted by Crippen LogP contribution is 2.21. The average Bonchev–Trinajstić information content (AvgIpc) is 3.34. The van der Waals surface area contributed by atoms with E-state index in [1.807, 2.05) is 31.6 Å². The fourth-order valence-electron chi connectivity index (χ4n) is 3.10. The van der Waals surface area contributed by atoms with Crippen molar-refractivity contribution < 1.29 is 4.79 Å². The van der Waals surface area contributed by atoms with E-state index >= 15 is 0 Å². The van der Waals surface area contributed by atoms with Crippen LogP contribution in [0.25, 0.3) is 11.1 Å². The van der Waals surface area contributed by atoms with Crippen molar-refractivity contribution in [1.29, 1.82) is 0 Å². The number of carbonyl (C=O) groups is 1. The molecule has 1 saturated heterocycles. The molecule has 1 fully saturated rings. The van der Waals surface area contributed by atoms with Gasteiger partial charge in [-0.3, -0.25) is 14.5 Å². The summed E-state index contributed by atoms with van der Waals surface area (Å²) in [6.45, 7) is 2.14. The summed E-state index contributed by atoms with van der Waals surface area (Å²) in [4.78, 5) is 23.4. The molecule has 1 aliphatic rings. The Hall–Kier alpha value is -3.22. The zero-order valence-electron chi connectivity index (χ0n) is 14.6. The van der Waals surface area contributed by atoms with Crippen LogP contribution in [0, 0.1) is 0 Å². The van der Waals surface area contributed by atoms with Gasteiger partial charge in [-0.25, -0.2) is 4.98 Å². The van der Waals surface area contributed by atoms with Gasteiger partial charge >= 0.3 is 0 Å². The maximum atomic E-state index is 12.5. The molecule has 3 aromatic heterocycles. The van der Waals surface area contributed by atoms with Gasteiger partial charge in [0.2, 0.25) is 0 Å². The van der Waals surface area contributed by atoms with Crippen LogP contribution < -0.4 is 10.2 Å². The van der Waals surface area contributed by atoms with E-state index in [0.717, 1.165) is 29.9 Å². The van der Waals surface area contributed by atoms with Gasteiger partial charge in [0, 0.05) is 49.9 Å². The number of anilines is 2. The quantitative estimate of drug-likeness (QED) is 0.784. The largest absolute Gasteiger partial charge is 0.370 e. The van der Waals surface area contributed by atoms with Crippen LogP contribution in [0.3, 0.4) is 0 Å². The molecule has 7 nitrogen and oxygen atoms in total. The van der Waals surface area contributed by atoms with Crippen LogP contribution in [0.5, 0.6) is 0 Å². The Bertz CT molecular complexity index is 912. The summed E-state index contributed by atoms with van der Waals surface area (Å²) in [6, 6.07) is 5.64. The van der Waals surface area contributed by atoms with Gasteiger partial charge in [-0.1, -0.05) is 0 Å². The first kappa shape index (κ1) is 16.3. The Morgan fingerprint density at radius 1 is 1.08 bits per heavy atom. The first-order chi connectivity index (χ1) is 12.7. The molecule has 4 rings (SSSR count). The molecule has 0 bridgehead atoms. The van der Waals surface area contributed by atoms with Gasteiger partial charge in [-0.2, -0.15) is 5.10 Å². The lowest BCUT2D eigenvalue weighted by Crippen LogP contribution is -2.18. The SMILES string of the molecule is Cn1cc(-c2cncc(C(=O)Nc3ccc(N4CCCC4)cn3)c2)cn1. The second kappa shape index (κ2) is 6.95. The normalized spacial score (nSPS) is 13.8.